The van der Waals surface area contributed by atoms with Gasteiger partial charge in [-0.05, 0) is 20.8 Å². The maximum atomic E-state index is 13.2. The van der Waals surface area contributed by atoms with Gasteiger partial charge in [0.15, 0.2) is 0 Å². The lowest BCUT2D eigenvalue weighted by Gasteiger charge is -2.37. The number of hydrogen-bond donors (Lipinski definition) is 2. The predicted octanol–water partition coefficient (Wildman–Crippen LogP) is -0.354. The maximum absolute atomic E-state index is 13.2. The van der Waals surface area contributed by atoms with Gasteiger partial charge in [0.1, 0.15) is 11.6 Å². The van der Waals surface area contributed by atoms with Crippen molar-refractivity contribution in [2.45, 2.75) is 51.4 Å². The van der Waals surface area contributed by atoms with Gasteiger partial charge in [0.25, 0.3) is 5.92 Å². The third-order valence-electron chi connectivity index (χ3n) is 2.09. The summed E-state index contributed by atoms with van der Waals surface area (Å²) >= 11 is 0. The van der Waals surface area contributed by atoms with Crippen LogP contribution in [0, 0.1) is 0 Å². The predicted molar refractivity (Wildman–Crippen MR) is 54.8 cm³/mol. The van der Waals surface area contributed by atoms with Crippen molar-refractivity contribution in [3.05, 3.63) is 0 Å². The van der Waals surface area contributed by atoms with Gasteiger partial charge in [-0.15, -0.1) is 0 Å². The quantitative estimate of drug-likeness (QED) is 0.709. The number of halogens is 2. The number of amides is 1. The van der Waals surface area contributed by atoms with Crippen molar-refractivity contribution in [2.24, 2.45) is 0 Å². The first-order valence-electron chi connectivity index (χ1n) is 5.17. The molecule has 0 aliphatic heterocycles. The Bertz CT molecular complexity index is 325. The zero-order chi connectivity index (χ0) is 14.7. The lowest BCUT2D eigenvalue weighted by atomic mass is 9.92. The van der Waals surface area contributed by atoms with E-state index in [1.807, 2.05) is 0 Å². The summed E-state index contributed by atoms with van der Waals surface area (Å²) in [6, 6.07) is -2.37. The molecule has 0 heterocycles. The van der Waals surface area contributed by atoms with Crippen LogP contribution in [0.15, 0.2) is 0 Å². The summed E-state index contributed by atoms with van der Waals surface area (Å²) in [7, 11) is 0. The molecule has 2 atom stereocenters. The van der Waals surface area contributed by atoms with E-state index in [0.29, 0.717) is 13.8 Å². The van der Waals surface area contributed by atoms with E-state index in [4.69, 9.17) is 0 Å². The van der Waals surface area contributed by atoms with Crippen LogP contribution in [0.25, 0.3) is 0 Å². The molecule has 0 aromatic rings. The fourth-order valence-electron chi connectivity index (χ4n) is 1.24. The van der Waals surface area contributed by atoms with E-state index < -0.39 is 35.7 Å². The maximum Gasteiger partial charge on any atom is 0.407 e. The van der Waals surface area contributed by atoms with Gasteiger partial charge in [-0.1, -0.05) is 0 Å². The highest BCUT2D eigenvalue weighted by Gasteiger charge is 2.49. The van der Waals surface area contributed by atoms with Gasteiger partial charge in [0.05, 0.1) is 12.1 Å². The van der Waals surface area contributed by atoms with Gasteiger partial charge in [0, 0.05) is 6.92 Å². The van der Waals surface area contributed by atoms with E-state index in [1.54, 1.807) is 5.32 Å². The first kappa shape index (κ1) is 16.6. The number of carbonyl (C=O) groups is 2. The van der Waals surface area contributed by atoms with E-state index in [-0.39, 0.29) is 0 Å². The van der Waals surface area contributed by atoms with E-state index in [1.165, 1.54) is 13.8 Å². The summed E-state index contributed by atoms with van der Waals surface area (Å²) in [4.78, 5) is 21.8. The highest BCUT2D eigenvalue weighted by molar-refractivity contribution is 5.77. The molecule has 18 heavy (non-hydrogen) atoms. The second kappa shape index (κ2) is 5.47. The highest BCUT2D eigenvalue weighted by atomic mass is 19.3. The van der Waals surface area contributed by atoms with Gasteiger partial charge in [-0.2, -0.15) is 0 Å². The minimum Gasteiger partial charge on any atom is -0.547 e. The third kappa shape index (κ3) is 4.44. The van der Waals surface area contributed by atoms with E-state index in [9.17, 15) is 28.6 Å². The molecule has 8 heteroatoms. The molecule has 0 aromatic heterocycles. The zero-order valence-electron chi connectivity index (χ0n) is 10.5. The Labute approximate surface area is 103 Å². The van der Waals surface area contributed by atoms with Crippen LogP contribution in [0.3, 0.4) is 0 Å². The summed E-state index contributed by atoms with van der Waals surface area (Å²) in [5.41, 5.74) is -2.94. The first-order valence-corrected chi connectivity index (χ1v) is 5.17. The van der Waals surface area contributed by atoms with Crippen LogP contribution < -0.4 is 10.4 Å². The van der Waals surface area contributed by atoms with E-state index in [0.717, 1.165) is 0 Å². The summed E-state index contributed by atoms with van der Waals surface area (Å²) in [6.45, 7) is 3.94. The number of alkyl carbamates (subject to hydrolysis) is 1. The zero-order valence-corrected chi connectivity index (χ0v) is 10.5. The number of carbonyl (C=O) groups excluding carboxylic acids is 2. The number of carboxylic acid groups (broad SMARTS) is 1. The molecule has 106 valence electrons. The summed E-state index contributed by atoms with van der Waals surface area (Å²) in [6.07, 6.45) is -1.83. The molecule has 6 nitrogen and oxygen atoms in total. The third-order valence-corrected chi connectivity index (χ3v) is 2.09. The topological polar surface area (TPSA) is 98.7 Å². The summed E-state index contributed by atoms with van der Waals surface area (Å²) in [5, 5.41) is 21.7. The number of rotatable bonds is 5. The number of alkyl halides is 2. The van der Waals surface area contributed by atoms with Crippen molar-refractivity contribution in [2.75, 3.05) is 0 Å². The highest BCUT2D eigenvalue weighted by Crippen LogP contribution is 2.26. The van der Waals surface area contributed by atoms with Crippen molar-refractivity contribution in [1.29, 1.82) is 0 Å². The summed E-state index contributed by atoms with van der Waals surface area (Å²) < 4.78 is 31.0. The number of aliphatic carboxylic acids is 1. The second-order valence-corrected chi connectivity index (χ2v) is 4.42. The molecule has 0 rings (SSSR count). The molecule has 1 amide bonds. The molecule has 0 spiro atoms. The van der Waals surface area contributed by atoms with Crippen LogP contribution in [-0.4, -0.2) is 40.8 Å². The second-order valence-electron chi connectivity index (χ2n) is 4.42. The van der Waals surface area contributed by atoms with Crippen LogP contribution in [0.2, 0.25) is 0 Å². The Morgan fingerprint density at radius 2 is 1.78 bits per heavy atom. The Morgan fingerprint density at radius 3 is 2.06 bits per heavy atom. The molecular weight excluding hydrogens is 252 g/mol. The fraction of sp³-hybridized carbons (Fsp3) is 0.800. The molecule has 0 radical (unpaired) electrons. The number of carboxylic acids is 1. The molecule has 0 saturated carbocycles. The van der Waals surface area contributed by atoms with Crippen molar-refractivity contribution in [1.82, 2.24) is 5.32 Å². The average Bonchev–Trinajstić information content (AvgIpc) is 2.10. The minimum absolute atomic E-state index is 0.366. The van der Waals surface area contributed by atoms with Gasteiger partial charge in [-0.3, -0.25) is 0 Å². The molecule has 2 N–H and O–H groups in total. The smallest absolute Gasteiger partial charge is 0.407 e. The van der Waals surface area contributed by atoms with Crippen LogP contribution >= 0.6 is 0 Å². The van der Waals surface area contributed by atoms with Crippen molar-refractivity contribution in [3.63, 3.8) is 0 Å². The first-order chi connectivity index (χ1) is 7.89. The molecular formula is C10H16F2NO5-. The largest absolute Gasteiger partial charge is 0.547 e. The molecule has 0 aliphatic carbocycles. The SMILES string of the molecule is CC(C)OC(=O)N[C@@H](C(C)(F)F)[C@@](C)(O)C(=O)[O-]. The molecule has 0 unspecified atom stereocenters. The van der Waals surface area contributed by atoms with Gasteiger partial charge >= 0.3 is 6.09 Å². The summed E-state index contributed by atoms with van der Waals surface area (Å²) in [5.74, 6) is -5.81. The van der Waals surface area contributed by atoms with Crippen LogP contribution in [-0.2, 0) is 9.53 Å². The lowest BCUT2D eigenvalue weighted by Crippen LogP contribution is -2.66. The molecule has 0 fully saturated rings. The molecule has 0 aromatic carbocycles. The van der Waals surface area contributed by atoms with Crippen LogP contribution in [0.1, 0.15) is 27.7 Å². The normalized spacial score (nSPS) is 16.9. The van der Waals surface area contributed by atoms with Crippen molar-refractivity contribution >= 4 is 12.1 Å². The van der Waals surface area contributed by atoms with Crippen LogP contribution in [0.4, 0.5) is 13.6 Å². The van der Waals surface area contributed by atoms with Gasteiger partial charge in [-0.25, -0.2) is 13.6 Å². The van der Waals surface area contributed by atoms with Crippen molar-refractivity contribution < 1.29 is 33.3 Å². The molecule has 0 bridgehead atoms. The minimum atomic E-state index is -3.68. The van der Waals surface area contributed by atoms with E-state index in [2.05, 4.69) is 4.74 Å². The van der Waals surface area contributed by atoms with Gasteiger partial charge in [0.2, 0.25) is 0 Å². The molecule has 0 aliphatic rings. The standard InChI is InChI=1S/C10H17F2NO5/c1-5(2)18-8(16)13-6(10(4,11)12)9(3,17)7(14)15/h5-6,17H,1-4H3,(H,13,16)(H,14,15)/p-1/t6-,9-/m1/s1. The number of aliphatic hydroxyl groups is 1. The number of nitrogens with one attached hydrogen (secondary N) is 1. The Balaban J connectivity index is 5.05. The average molecular weight is 268 g/mol. The number of hydrogen-bond acceptors (Lipinski definition) is 5. The number of ether oxygens (including phenoxy) is 1. The lowest BCUT2D eigenvalue weighted by molar-refractivity contribution is -0.328. The van der Waals surface area contributed by atoms with Crippen LogP contribution in [0.5, 0.6) is 0 Å². The van der Waals surface area contributed by atoms with E-state index >= 15 is 0 Å². The Morgan fingerprint density at radius 1 is 1.33 bits per heavy atom. The Kier molecular flexibility index (Phi) is 5.03. The monoisotopic (exact) mass is 268 g/mol. The molecule has 0 saturated heterocycles. The Hall–Kier alpha value is -1.44. The fourth-order valence-corrected chi connectivity index (χ4v) is 1.24. The van der Waals surface area contributed by atoms with Crippen molar-refractivity contribution in [3.8, 4) is 0 Å². The van der Waals surface area contributed by atoms with Gasteiger partial charge < -0.3 is 25.1 Å².